The number of phenolic OH excluding ortho intramolecular Hbond substituents is 2. The van der Waals surface area contributed by atoms with Crippen molar-refractivity contribution in [2.75, 3.05) is 7.11 Å². The van der Waals surface area contributed by atoms with Crippen molar-refractivity contribution < 1.29 is 19.7 Å². The van der Waals surface area contributed by atoms with Gasteiger partial charge in [-0.15, -0.1) is 0 Å². The molecule has 20 heavy (non-hydrogen) atoms. The minimum absolute atomic E-state index is 0.0316. The van der Waals surface area contributed by atoms with E-state index in [1.807, 2.05) is 6.92 Å². The predicted octanol–water partition coefficient (Wildman–Crippen LogP) is 2.95. The zero-order valence-electron chi connectivity index (χ0n) is 11.6. The fraction of sp³-hybridized carbons (Fsp3) is 0.188. The summed E-state index contributed by atoms with van der Waals surface area (Å²) in [4.78, 5) is 12.4. The molecule has 0 radical (unpaired) electrons. The molecule has 0 saturated carbocycles. The Morgan fingerprint density at radius 2 is 1.80 bits per heavy atom. The normalized spacial score (nSPS) is 10.3. The molecular formula is C16H16O4. The standard InChI is InChI=1S/C16H16O4/c1-9-6-10(2)15(18)12(7-9)16(19)11-4-5-14(20-3)13(17)8-11/h4-8,17-18H,1-3H3. The summed E-state index contributed by atoms with van der Waals surface area (Å²) < 4.78 is 4.94. The van der Waals surface area contributed by atoms with Crippen LogP contribution in [0.15, 0.2) is 30.3 Å². The highest BCUT2D eigenvalue weighted by atomic mass is 16.5. The van der Waals surface area contributed by atoms with Gasteiger partial charge in [0.05, 0.1) is 12.7 Å². The quantitative estimate of drug-likeness (QED) is 0.843. The van der Waals surface area contributed by atoms with E-state index in [2.05, 4.69) is 0 Å². The number of ketones is 1. The number of aryl methyl sites for hydroxylation is 2. The summed E-state index contributed by atoms with van der Waals surface area (Å²) >= 11 is 0. The van der Waals surface area contributed by atoms with E-state index in [4.69, 9.17) is 4.74 Å². The van der Waals surface area contributed by atoms with Crippen LogP contribution in [-0.2, 0) is 0 Å². The van der Waals surface area contributed by atoms with Crippen molar-refractivity contribution in [3.8, 4) is 17.2 Å². The summed E-state index contributed by atoms with van der Waals surface area (Å²) in [5, 5.41) is 19.7. The predicted molar refractivity (Wildman–Crippen MR) is 75.7 cm³/mol. The second kappa shape index (κ2) is 5.25. The van der Waals surface area contributed by atoms with E-state index in [0.29, 0.717) is 16.9 Å². The Hall–Kier alpha value is -2.49. The zero-order valence-corrected chi connectivity index (χ0v) is 11.6. The lowest BCUT2D eigenvalue weighted by Gasteiger charge is -2.09. The van der Waals surface area contributed by atoms with E-state index in [-0.39, 0.29) is 22.8 Å². The molecule has 4 nitrogen and oxygen atoms in total. The molecule has 2 aromatic rings. The first-order valence-corrected chi connectivity index (χ1v) is 6.16. The molecule has 0 saturated heterocycles. The smallest absolute Gasteiger partial charge is 0.196 e. The molecule has 0 bridgehead atoms. The molecule has 0 atom stereocenters. The molecule has 2 N–H and O–H groups in total. The van der Waals surface area contributed by atoms with Crippen molar-refractivity contribution in [2.45, 2.75) is 13.8 Å². The fourth-order valence-electron chi connectivity index (χ4n) is 2.12. The molecule has 0 aliphatic rings. The van der Waals surface area contributed by atoms with Crippen LogP contribution in [0.3, 0.4) is 0 Å². The molecule has 0 heterocycles. The lowest BCUT2D eigenvalue weighted by atomic mass is 9.98. The van der Waals surface area contributed by atoms with Crippen LogP contribution in [0.5, 0.6) is 17.2 Å². The van der Waals surface area contributed by atoms with Crippen molar-refractivity contribution in [1.29, 1.82) is 0 Å². The maximum Gasteiger partial charge on any atom is 0.196 e. The molecule has 0 fully saturated rings. The summed E-state index contributed by atoms with van der Waals surface area (Å²) in [7, 11) is 1.44. The molecule has 2 rings (SSSR count). The van der Waals surface area contributed by atoms with Crippen molar-refractivity contribution in [3.05, 3.63) is 52.6 Å². The first kappa shape index (κ1) is 13.9. The van der Waals surface area contributed by atoms with Crippen molar-refractivity contribution in [3.63, 3.8) is 0 Å². The van der Waals surface area contributed by atoms with Crippen LogP contribution < -0.4 is 4.74 Å². The van der Waals surface area contributed by atoms with E-state index in [1.165, 1.54) is 19.2 Å². The van der Waals surface area contributed by atoms with Crippen LogP contribution in [0.2, 0.25) is 0 Å². The molecule has 0 spiro atoms. The molecule has 4 heteroatoms. The van der Waals surface area contributed by atoms with Crippen LogP contribution in [0.1, 0.15) is 27.0 Å². The van der Waals surface area contributed by atoms with E-state index < -0.39 is 0 Å². The Bertz CT molecular complexity index is 674. The summed E-state index contributed by atoms with van der Waals surface area (Å²) in [6.45, 7) is 3.60. The molecule has 0 aromatic heterocycles. The number of ether oxygens (including phenoxy) is 1. The number of carbonyl (C=O) groups excluding carboxylic acids is 1. The topological polar surface area (TPSA) is 66.8 Å². The zero-order chi connectivity index (χ0) is 14.9. The number of hydrogen-bond donors (Lipinski definition) is 2. The molecule has 0 amide bonds. The monoisotopic (exact) mass is 272 g/mol. The summed E-state index contributed by atoms with van der Waals surface area (Å²) in [6.07, 6.45) is 0. The SMILES string of the molecule is COc1ccc(C(=O)c2cc(C)cc(C)c2O)cc1O. The Morgan fingerprint density at radius 3 is 2.40 bits per heavy atom. The van der Waals surface area contributed by atoms with Gasteiger partial charge >= 0.3 is 0 Å². The average molecular weight is 272 g/mol. The van der Waals surface area contributed by atoms with Crippen molar-refractivity contribution >= 4 is 5.78 Å². The van der Waals surface area contributed by atoms with Gasteiger partial charge in [0.15, 0.2) is 17.3 Å². The minimum atomic E-state index is -0.341. The van der Waals surface area contributed by atoms with E-state index in [9.17, 15) is 15.0 Å². The fourth-order valence-corrected chi connectivity index (χ4v) is 2.12. The second-order valence-electron chi connectivity index (χ2n) is 4.69. The van der Waals surface area contributed by atoms with E-state index in [0.717, 1.165) is 5.56 Å². The number of aromatic hydroxyl groups is 2. The highest BCUT2D eigenvalue weighted by Crippen LogP contribution is 2.30. The molecule has 104 valence electrons. The number of rotatable bonds is 3. The van der Waals surface area contributed by atoms with Crippen LogP contribution in [0.25, 0.3) is 0 Å². The van der Waals surface area contributed by atoms with Gasteiger partial charge < -0.3 is 14.9 Å². The van der Waals surface area contributed by atoms with Gasteiger partial charge in [0, 0.05) is 5.56 Å². The highest BCUT2D eigenvalue weighted by molar-refractivity contribution is 6.11. The van der Waals surface area contributed by atoms with Gasteiger partial charge in [-0.1, -0.05) is 6.07 Å². The number of benzene rings is 2. The largest absolute Gasteiger partial charge is 0.507 e. The summed E-state index contributed by atoms with van der Waals surface area (Å²) in [6, 6.07) is 7.84. The van der Waals surface area contributed by atoms with Gasteiger partial charge in [-0.2, -0.15) is 0 Å². The average Bonchev–Trinajstić information content (AvgIpc) is 2.42. The first-order valence-electron chi connectivity index (χ1n) is 6.16. The van der Waals surface area contributed by atoms with Gasteiger partial charge in [-0.25, -0.2) is 0 Å². The van der Waals surface area contributed by atoms with Crippen LogP contribution in [-0.4, -0.2) is 23.1 Å². The Labute approximate surface area is 117 Å². The maximum atomic E-state index is 12.4. The van der Waals surface area contributed by atoms with Gasteiger partial charge in [0.1, 0.15) is 5.75 Å². The molecule has 0 aliphatic carbocycles. The number of carbonyl (C=O) groups is 1. The Morgan fingerprint density at radius 1 is 1.10 bits per heavy atom. The van der Waals surface area contributed by atoms with Crippen LogP contribution in [0.4, 0.5) is 0 Å². The van der Waals surface area contributed by atoms with Crippen LogP contribution in [0, 0.1) is 13.8 Å². The molecule has 0 aliphatic heterocycles. The van der Waals surface area contributed by atoms with E-state index in [1.54, 1.807) is 25.1 Å². The Balaban J connectivity index is 2.49. The van der Waals surface area contributed by atoms with Crippen molar-refractivity contribution in [1.82, 2.24) is 0 Å². The first-order chi connectivity index (χ1) is 9.43. The lowest BCUT2D eigenvalue weighted by Crippen LogP contribution is -2.03. The third-order valence-corrected chi connectivity index (χ3v) is 3.13. The van der Waals surface area contributed by atoms with E-state index >= 15 is 0 Å². The van der Waals surface area contributed by atoms with Gasteiger partial charge in [0.2, 0.25) is 0 Å². The third-order valence-electron chi connectivity index (χ3n) is 3.13. The Kier molecular flexibility index (Phi) is 3.66. The summed E-state index contributed by atoms with van der Waals surface area (Å²) in [5.41, 5.74) is 2.06. The minimum Gasteiger partial charge on any atom is -0.507 e. The third kappa shape index (κ3) is 2.45. The lowest BCUT2D eigenvalue weighted by molar-refractivity contribution is 0.103. The number of hydrogen-bond acceptors (Lipinski definition) is 4. The van der Waals surface area contributed by atoms with Gasteiger partial charge in [-0.3, -0.25) is 4.79 Å². The number of methoxy groups -OCH3 is 1. The van der Waals surface area contributed by atoms with Gasteiger partial charge in [-0.05, 0) is 49.2 Å². The van der Waals surface area contributed by atoms with Gasteiger partial charge in [0.25, 0.3) is 0 Å². The summed E-state index contributed by atoms with van der Waals surface area (Å²) in [5.74, 6) is -0.184. The maximum absolute atomic E-state index is 12.4. The highest BCUT2D eigenvalue weighted by Gasteiger charge is 2.17. The van der Waals surface area contributed by atoms with Crippen LogP contribution >= 0.6 is 0 Å². The molecular weight excluding hydrogens is 256 g/mol. The van der Waals surface area contributed by atoms with Crippen molar-refractivity contribution in [2.24, 2.45) is 0 Å². The molecule has 0 unspecified atom stereocenters. The second-order valence-corrected chi connectivity index (χ2v) is 4.69. The molecule has 2 aromatic carbocycles. The number of phenols is 2.